The van der Waals surface area contributed by atoms with E-state index in [1.54, 1.807) is 0 Å². The largest absolute Gasteiger partial charge is 0.378 e. The van der Waals surface area contributed by atoms with E-state index in [1.165, 1.54) is 0 Å². The number of nitrogens with zero attached hydrogens (tertiary/aromatic N) is 2. The second-order valence-electron chi connectivity index (χ2n) is 5.38. The molecule has 1 aliphatic carbocycles. The highest BCUT2D eigenvalue weighted by molar-refractivity contribution is 4.91. The molecule has 5 heteroatoms. The molecule has 5 nitrogen and oxygen atoms in total. The van der Waals surface area contributed by atoms with E-state index < -0.39 is 0 Å². The topological polar surface area (TPSA) is 45.5 Å². The van der Waals surface area contributed by atoms with Crippen molar-refractivity contribution in [1.29, 1.82) is 0 Å². The Morgan fingerprint density at radius 1 is 1.37 bits per heavy atom. The van der Waals surface area contributed by atoms with Gasteiger partial charge in [-0.15, -0.1) is 0 Å². The van der Waals surface area contributed by atoms with Gasteiger partial charge in [0, 0.05) is 38.7 Å². The fraction of sp³-hybridized carbons (Fsp3) is 0.786. The first-order chi connectivity index (χ1) is 9.27. The lowest BCUT2D eigenvalue weighted by Gasteiger charge is -2.35. The zero-order valence-electron chi connectivity index (χ0n) is 11.5. The summed E-state index contributed by atoms with van der Waals surface area (Å²) in [6.07, 6.45) is 8.99. The predicted octanol–water partition coefficient (Wildman–Crippen LogP) is 1.66. The van der Waals surface area contributed by atoms with Crippen molar-refractivity contribution in [2.24, 2.45) is 7.05 Å². The van der Waals surface area contributed by atoms with Crippen LogP contribution < -0.4 is 0 Å². The first-order valence-electron chi connectivity index (χ1n) is 7.13. The van der Waals surface area contributed by atoms with Crippen LogP contribution in [0.1, 0.15) is 31.5 Å². The molecule has 0 radical (unpaired) electrons. The lowest BCUT2D eigenvalue weighted by atomic mass is 9.92. The Morgan fingerprint density at radius 3 is 2.74 bits per heavy atom. The Labute approximate surface area is 113 Å². The maximum Gasteiger partial charge on any atom is 0.168 e. The van der Waals surface area contributed by atoms with Gasteiger partial charge in [0.2, 0.25) is 0 Å². The van der Waals surface area contributed by atoms with E-state index in [-0.39, 0.29) is 5.79 Å². The summed E-state index contributed by atoms with van der Waals surface area (Å²) in [4.78, 5) is 4.30. The van der Waals surface area contributed by atoms with Crippen molar-refractivity contribution < 1.29 is 14.2 Å². The molecule has 1 saturated heterocycles. The molecule has 1 aliphatic heterocycles. The van der Waals surface area contributed by atoms with Crippen LogP contribution in [0.5, 0.6) is 0 Å². The number of rotatable bonds is 4. The summed E-state index contributed by atoms with van der Waals surface area (Å²) in [6, 6.07) is 0. The molecule has 0 unspecified atom stereocenters. The average Bonchev–Trinajstić information content (AvgIpc) is 3.03. The first kappa shape index (κ1) is 13.1. The van der Waals surface area contributed by atoms with Gasteiger partial charge >= 0.3 is 0 Å². The Morgan fingerprint density at radius 2 is 2.11 bits per heavy atom. The molecular formula is C14H22N2O3. The highest BCUT2D eigenvalue weighted by Crippen LogP contribution is 2.36. The molecule has 2 heterocycles. The third kappa shape index (κ3) is 2.99. The Hall–Kier alpha value is -0.910. The van der Waals surface area contributed by atoms with Crippen LogP contribution in [-0.4, -0.2) is 41.3 Å². The predicted molar refractivity (Wildman–Crippen MR) is 69.8 cm³/mol. The summed E-state index contributed by atoms with van der Waals surface area (Å²) >= 11 is 0. The van der Waals surface area contributed by atoms with Gasteiger partial charge < -0.3 is 18.8 Å². The van der Waals surface area contributed by atoms with Gasteiger partial charge in [0.15, 0.2) is 5.79 Å². The molecule has 0 N–H and O–H groups in total. The van der Waals surface area contributed by atoms with Crippen molar-refractivity contribution in [2.45, 2.75) is 44.0 Å². The summed E-state index contributed by atoms with van der Waals surface area (Å²) in [7, 11) is 2.02. The van der Waals surface area contributed by atoms with Gasteiger partial charge in [-0.05, 0) is 12.8 Å². The summed E-state index contributed by atoms with van der Waals surface area (Å²) in [5.41, 5.74) is 0. The van der Waals surface area contributed by atoms with Crippen LogP contribution in [-0.2, 0) is 27.7 Å². The number of hydrogen-bond donors (Lipinski definition) is 0. The second kappa shape index (κ2) is 5.61. The fourth-order valence-corrected chi connectivity index (χ4v) is 2.94. The van der Waals surface area contributed by atoms with Crippen LogP contribution in [0, 0.1) is 0 Å². The molecule has 19 heavy (non-hydrogen) atoms. The standard InChI is InChI=1S/C14H22N2O3/c1-16-8-7-15-13(16)4-9-17-12-2-5-14(6-3-12)18-10-11-19-14/h7-8,12H,2-6,9-11H2,1H3. The molecule has 3 rings (SSSR count). The van der Waals surface area contributed by atoms with Crippen LogP contribution in [0.15, 0.2) is 12.4 Å². The number of aryl methyl sites for hydroxylation is 1. The molecule has 1 aromatic rings. The minimum absolute atomic E-state index is 0.278. The quantitative estimate of drug-likeness (QED) is 0.831. The Kier molecular flexibility index (Phi) is 3.86. The van der Waals surface area contributed by atoms with Crippen molar-refractivity contribution in [1.82, 2.24) is 9.55 Å². The smallest absolute Gasteiger partial charge is 0.168 e. The maximum atomic E-state index is 5.95. The van der Waals surface area contributed by atoms with Gasteiger partial charge in [-0.25, -0.2) is 4.98 Å². The summed E-state index contributed by atoms with van der Waals surface area (Å²) in [6.45, 7) is 2.22. The van der Waals surface area contributed by atoms with Gasteiger partial charge in [0.25, 0.3) is 0 Å². The minimum atomic E-state index is -0.278. The molecule has 0 bridgehead atoms. The van der Waals surface area contributed by atoms with Gasteiger partial charge in [0.1, 0.15) is 5.82 Å². The molecule has 2 fully saturated rings. The third-order valence-electron chi connectivity index (χ3n) is 4.11. The normalized spacial score (nSPS) is 23.2. The van der Waals surface area contributed by atoms with Gasteiger partial charge in [-0.2, -0.15) is 0 Å². The van der Waals surface area contributed by atoms with Crippen molar-refractivity contribution in [2.75, 3.05) is 19.8 Å². The van der Waals surface area contributed by atoms with Crippen LogP contribution in [0.25, 0.3) is 0 Å². The molecule has 0 amide bonds. The molecule has 1 spiro atoms. The third-order valence-corrected chi connectivity index (χ3v) is 4.11. The van der Waals surface area contributed by atoms with E-state index in [9.17, 15) is 0 Å². The summed E-state index contributed by atoms with van der Waals surface area (Å²) in [5, 5.41) is 0. The first-order valence-corrected chi connectivity index (χ1v) is 7.13. The molecular weight excluding hydrogens is 244 g/mol. The van der Waals surface area contributed by atoms with Crippen molar-refractivity contribution in [3.8, 4) is 0 Å². The van der Waals surface area contributed by atoms with Gasteiger partial charge in [-0.3, -0.25) is 0 Å². The van der Waals surface area contributed by atoms with E-state index >= 15 is 0 Å². The minimum Gasteiger partial charge on any atom is -0.378 e. The lowest BCUT2D eigenvalue weighted by Crippen LogP contribution is -2.37. The Balaban J connectivity index is 1.39. The molecule has 1 saturated carbocycles. The molecule has 106 valence electrons. The second-order valence-corrected chi connectivity index (χ2v) is 5.38. The SMILES string of the molecule is Cn1ccnc1CCOC1CCC2(CC1)OCCO2. The maximum absolute atomic E-state index is 5.95. The van der Waals surface area contributed by atoms with Crippen molar-refractivity contribution in [3.63, 3.8) is 0 Å². The highest BCUT2D eigenvalue weighted by Gasteiger charge is 2.40. The Bertz CT molecular complexity index is 403. The van der Waals surface area contributed by atoms with Crippen LogP contribution in [0.4, 0.5) is 0 Å². The van der Waals surface area contributed by atoms with E-state index in [0.29, 0.717) is 6.10 Å². The van der Waals surface area contributed by atoms with Crippen LogP contribution in [0.3, 0.4) is 0 Å². The molecule has 1 aromatic heterocycles. The van der Waals surface area contributed by atoms with Crippen molar-refractivity contribution in [3.05, 3.63) is 18.2 Å². The monoisotopic (exact) mass is 266 g/mol. The zero-order valence-corrected chi connectivity index (χ0v) is 11.5. The van der Waals surface area contributed by atoms with Gasteiger partial charge in [0.05, 0.1) is 25.9 Å². The van der Waals surface area contributed by atoms with E-state index in [1.807, 2.05) is 24.0 Å². The molecule has 0 aromatic carbocycles. The van der Waals surface area contributed by atoms with Crippen LogP contribution in [0.2, 0.25) is 0 Å². The van der Waals surface area contributed by atoms with E-state index in [0.717, 1.165) is 57.7 Å². The van der Waals surface area contributed by atoms with E-state index in [4.69, 9.17) is 14.2 Å². The van der Waals surface area contributed by atoms with Crippen molar-refractivity contribution >= 4 is 0 Å². The van der Waals surface area contributed by atoms with Gasteiger partial charge in [-0.1, -0.05) is 0 Å². The van der Waals surface area contributed by atoms with Crippen LogP contribution >= 0.6 is 0 Å². The molecule has 2 aliphatic rings. The number of ether oxygens (including phenoxy) is 3. The number of hydrogen-bond acceptors (Lipinski definition) is 4. The lowest BCUT2D eigenvalue weighted by molar-refractivity contribution is -0.191. The summed E-state index contributed by atoms with van der Waals surface area (Å²) < 4.78 is 19.4. The van der Waals surface area contributed by atoms with E-state index in [2.05, 4.69) is 4.98 Å². The average molecular weight is 266 g/mol. The number of imidazole rings is 1. The molecule has 0 atom stereocenters. The highest BCUT2D eigenvalue weighted by atomic mass is 16.7. The summed E-state index contributed by atoms with van der Waals surface area (Å²) in [5.74, 6) is 0.800. The zero-order chi connectivity index (χ0) is 13.1. The fourth-order valence-electron chi connectivity index (χ4n) is 2.94. The number of aromatic nitrogens is 2.